The van der Waals surface area contributed by atoms with Gasteiger partial charge in [0.25, 0.3) is 5.69 Å². The molecule has 7 nitrogen and oxygen atoms in total. The molecule has 2 atom stereocenters. The normalized spacial score (nSPS) is 22.8. The van der Waals surface area contributed by atoms with Crippen LogP contribution in [0.1, 0.15) is 39.0 Å². The molecule has 1 saturated carbocycles. The number of rotatable bonds is 4. The van der Waals surface area contributed by atoms with E-state index in [1.165, 1.54) is 18.6 Å². The molecule has 0 amide bonds. The summed E-state index contributed by atoms with van der Waals surface area (Å²) in [6.45, 7) is 2.22. The number of anilines is 1. The maximum absolute atomic E-state index is 11.5. The Morgan fingerprint density at radius 2 is 1.95 bits per heavy atom. The summed E-state index contributed by atoms with van der Waals surface area (Å²) in [5.74, 6) is 0.678. The third-order valence-electron chi connectivity index (χ3n) is 4.06. The van der Waals surface area contributed by atoms with Gasteiger partial charge in [-0.3, -0.25) is 10.1 Å². The van der Waals surface area contributed by atoms with Crippen LogP contribution < -0.4 is 10.5 Å². The second kappa shape index (κ2) is 6.62. The van der Waals surface area contributed by atoms with Crippen molar-refractivity contribution in [2.24, 2.45) is 11.1 Å². The predicted octanol–water partition coefficient (Wildman–Crippen LogP) is 2.62. The summed E-state index contributed by atoms with van der Waals surface area (Å²) in [5.41, 5.74) is 0.147. The average molecular weight is 327 g/mol. The van der Waals surface area contributed by atoms with Crippen LogP contribution in [-0.4, -0.2) is 19.4 Å². The van der Waals surface area contributed by atoms with Gasteiger partial charge in [-0.05, 0) is 31.2 Å². The Labute approximate surface area is 130 Å². The lowest BCUT2D eigenvalue weighted by molar-refractivity contribution is -0.385. The Kier molecular flexibility index (Phi) is 5.02. The SMILES string of the molecule is CC1CCCC(Nc2cc([N+](=O)[O-])cc(S(N)(=O)=O)c2)CC1. The smallest absolute Gasteiger partial charge is 0.272 e. The molecule has 8 heteroatoms. The van der Waals surface area contributed by atoms with Crippen molar-refractivity contribution in [1.82, 2.24) is 0 Å². The van der Waals surface area contributed by atoms with Gasteiger partial charge in [0.1, 0.15) is 0 Å². The molecule has 1 aromatic carbocycles. The summed E-state index contributed by atoms with van der Waals surface area (Å²) in [6.07, 6.45) is 5.30. The minimum Gasteiger partial charge on any atom is -0.382 e. The fraction of sp³-hybridized carbons (Fsp3) is 0.571. The molecule has 1 aliphatic rings. The summed E-state index contributed by atoms with van der Waals surface area (Å²) >= 11 is 0. The number of nitro benzene ring substituents is 1. The summed E-state index contributed by atoms with van der Waals surface area (Å²) in [5, 5.41) is 19.3. The average Bonchev–Trinajstić information content (AvgIpc) is 2.62. The van der Waals surface area contributed by atoms with Crippen LogP contribution in [-0.2, 0) is 10.0 Å². The molecule has 3 N–H and O–H groups in total. The standard InChI is InChI=1S/C14H21N3O4S/c1-10-3-2-4-11(6-5-10)16-12-7-13(17(18)19)9-14(8-12)22(15,20)21/h7-11,16H,2-6H2,1H3,(H2,15,20,21). The number of nitro groups is 1. The lowest BCUT2D eigenvalue weighted by atomic mass is 10.0. The van der Waals surface area contributed by atoms with Crippen molar-refractivity contribution in [1.29, 1.82) is 0 Å². The van der Waals surface area contributed by atoms with Gasteiger partial charge in [0, 0.05) is 23.9 Å². The highest BCUT2D eigenvalue weighted by Gasteiger charge is 2.20. The highest BCUT2D eigenvalue weighted by molar-refractivity contribution is 7.89. The van der Waals surface area contributed by atoms with E-state index in [0.29, 0.717) is 11.6 Å². The largest absolute Gasteiger partial charge is 0.382 e. The number of non-ortho nitro benzene ring substituents is 1. The number of nitrogens with one attached hydrogen (secondary N) is 1. The number of hydrogen-bond donors (Lipinski definition) is 2. The van der Waals surface area contributed by atoms with E-state index in [9.17, 15) is 18.5 Å². The molecule has 0 heterocycles. The number of nitrogens with two attached hydrogens (primary N) is 1. The zero-order valence-corrected chi connectivity index (χ0v) is 13.3. The molecule has 22 heavy (non-hydrogen) atoms. The monoisotopic (exact) mass is 327 g/mol. The van der Waals surface area contributed by atoms with Crippen LogP contribution >= 0.6 is 0 Å². The van der Waals surface area contributed by atoms with Crippen LogP contribution in [0.25, 0.3) is 0 Å². The van der Waals surface area contributed by atoms with Gasteiger partial charge in [0.15, 0.2) is 0 Å². The minimum absolute atomic E-state index is 0.195. The van der Waals surface area contributed by atoms with Gasteiger partial charge in [-0.2, -0.15) is 0 Å². The molecule has 122 valence electrons. The van der Waals surface area contributed by atoms with E-state index in [4.69, 9.17) is 5.14 Å². The highest BCUT2D eigenvalue weighted by Crippen LogP contribution is 2.28. The van der Waals surface area contributed by atoms with E-state index in [1.54, 1.807) is 0 Å². The second-order valence-electron chi connectivity index (χ2n) is 5.97. The number of hydrogen-bond acceptors (Lipinski definition) is 5. The molecule has 0 aromatic heterocycles. The molecular formula is C14H21N3O4S. The van der Waals surface area contributed by atoms with E-state index in [-0.39, 0.29) is 16.6 Å². The van der Waals surface area contributed by atoms with Crippen molar-refractivity contribution < 1.29 is 13.3 Å². The first kappa shape index (κ1) is 16.7. The zero-order valence-electron chi connectivity index (χ0n) is 12.5. The molecule has 0 spiro atoms. The number of benzene rings is 1. The maximum Gasteiger partial charge on any atom is 0.272 e. The van der Waals surface area contributed by atoms with Crippen LogP contribution in [0.3, 0.4) is 0 Å². The Morgan fingerprint density at radius 1 is 1.23 bits per heavy atom. The number of primary sulfonamides is 1. The first-order valence-corrected chi connectivity index (χ1v) is 8.89. The first-order chi connectivity index (χ1) is 10.3. The third kappa shape index (κ3) is 4.41. The summed E-state index contributed by atoms with van der Waals surface area (Å²) in [7, 11) is -3.98. The molecule has 1 aliphatic carbocycles. The third-order valence-corrected chi connectivity index (χ3v) is 4.95. The van der Waals surface area contributed by atoms with Crippen molar-refractivity contribution in [3.05, 3.63) is 28.3 Å². The first-order valence-electron chi connectivity index (χ1n) is 7.34. The topological polar surface area (TPSA) is 115 Å². The lowest BCUT2D eigenvalue weighted by Crippen LogP contribution is -2.19. The van der Waals surface area contributed by atoms with Crippen molar-refractivity contribution >= 4 is 21.4 Å². The molecule has 2 rings (SSSR count). The van der Waals surface area contributed by atoms with Gasteiger partial charge >= 0.3 is 0 Å². The van der Waals surface area contributed by atoms with Crippen LogP contribution in [0.2, 0.25) is 0 Å². The maximum atomic E-state index is 11.5. The zero-order chi connectivity index (χ0) is 16.3. The van der Waals surface area contributed by atoms with Gasteiger partial charge < -0.3 is 5.32 Å². The van der Waals surface area contributed by atoms with Crippen LogP contribution in [0.5, 0.6) is 0 Å². The Morgan fingerprint density at radius 3 is 2.59 bits per heavy atom. The van der Waals surface area contributed by atoms with Crippen molar-refractivity contribution in [2.75, 3.05) is 5.32 Å². The molecule has 0 bridgehead atoms. The van der Waals surface area contributed by atoms with Crippen LogP contribution in [0.4, 0.5) is 11.4 Å². The lowest BCUT2D eigenvalue weighted by Gasteiger charge is -2.18. The second-order valence-corrected chi connectivity index (χ2v) is 7.53. The molecule has 1 fully saturated rings. The van der Waals surface area contributed by atoms with Crippen molar-refractivity contribution in [3.63, 3.8) is 0 Å². The van der Waals surface area contributed by atoms with E-state index < -0.39 is 14.9 Å². The number of nitrogens with zero attached hydrogens (tertiary/aromatic N) is 1. The predicted molar refractivity (Wildman–Crippen MR) is 84.1 cm³/mol. The van der Waals surface area contributed by atoms with E-state index in [0.717, 1.165) is 31.7 Å². The van der Waals surface area contributed by atoms with E-state index in [2.05, 4.69) is 12.2 Å². The Bertz CT molecular complexity index is 660. The Balaban J connectivity index is 2.26. The quantitative estimate of drug-likeness (QED) is 0.501. The van der Waals surface area contributed by atoms with Gasteiger partial charge in [-0.25, -0.2) is 13.6 Å². The molecule has 0 aliphatic heterocycles. The molecular weight excluding hydrogens is 306 g/mol. The van der Waals surface area contributed by atoms with Crippen LogP contribution in [0, 0.1) is 16.0 Å². The summed E-state index contributed by atoms with van der Waals surface area (Å²) < 4.78 is 23.0. The van der Waals surface area contributed by atoms with Gasteiger partial charge in [-0.1, -0.05) is 19.8 Å². The van der Waals surface area contributed by atoms with Crippen molar-refractivity contribution in [2.45, 2.75) is 50.0 Å². The molecule has 0 radical (unpaired) electrons. The van der Waals surface area contributed by atoms with E-state index >= 15 is 0 Å². The van der Waals surface area contributed by atoms with Gasteiger partial charge in [0.2, 0.25) is 10.0 Å². The van der Waals surface area contributed by atoms with Crippen molar-refractivity contribution in [3.8, 4) is 0 Å². The van der Waals surface area contributed by atoms with Gasteiger partial charge in [-0.15, -0.1) is 0 Å². The molecule has 2 unspecified atom stereocenters. The molecule has 1 aromatic rings. The fourth-order valence-electron chi connectivity index (χ4n) is 2.80. The Hall–Kier alpha value is -1.67. The van der Waals surface area contributed by atoms with Gasteiger partial charge in [0.05, 0.1) is 9.82 Å². The fourth-order valence-corrected chi connectivity index (χ4v) is 3.38. The summed E-state index contributed by atoms with van der Waals surface area (Å²) in [6, 6.07) is 3.88. The summed E-state index contributed by atoms with van der Waals surface area (Å²) in [4.78, 5) is 10.1. The molecule has 0 saturated heterocycles. The minimum atomic E-state index is -3.98. The van der Waals surface area contributed by atoms with Crippen LogP contribution in [0.15, 0.2) is 23.1 Å². The number of sulfonamides is 1. The highest BCUT2D eigenvalue weighted by atomic mass is 32.2. The van der Waals surface area contributed by atoms with E-state index in [1.807, 2.05) is 0 Å².